The molecule has 0 aromatic heterocycles. The molecular formula is C6H10N2O3. The molecule has 0 fully saturated rings. The van der Waals surface area contributed by atoms with E-state index in [9.17, 15) is 9.59 Å². The zero-order chi connectivity index (χ0) is 8.69. The third kappa shape index (κ3) is 6.53. The average Bonchev–Trinajstić information content (AvgIpc) is 1.97. The number of aliphatic carboxylic acids is 1. The normalized spacial score (nSPS) is 9.91. The number of carboxylic acid groups (broad SMARTS) is 1. The fourth-order valence-corrected chi connectivity index (χ4v) is 0.401. The van der Waals surface area contributed by atoms with Crippen molar-refractivity contribution in [2.24, 2.45) is 5.73 Å². The van der Waals surface area contributed by atoms with Crippen molar-refractivity contribution < 1.29 is 14.7 Å². The summed E-state index contributed by atoms with van der Waals surface area (Å²) in [4.78, 5) is 20.5. The van der Waals surface area contributed by atoms with Crippen LogP contribution in [-0.4, -0.2) is 30.1 Å². The molecule has 0 bridgehead atoms. The van der Waals surface area contributed by atoms with Crippen molar-refractivity contribution in [3.05, 3.63) is 12.2 Å². The van der Waals surface area contributed by atoms with Crippen LogP contribution in [-0.2, 0) is 9.59 Å². The van der Waals surface area contributed by atoms with Crippen LogP contribution in [0, 0.1) is 0 Å². The van der Waals surface area contributed by atoms with E-state index in [2.05, 4.69) is 5.32 Å². The van der Waals surface area contributed by atoms with Crippen LogP contribution in [0.1, 0.15) is 0 Å². The highest BCUT2D eigenvalue weighted by Gasteiger charge is 1.93. The van der Waals surface area contributed by atoms with Gasteiger partial charge in [0.1, 0.15) is 0 Å². The van der Waals surface area contributed by atoms with Gasteiger partial charge in [0.05, 0.1) is 0 Å². The second-order valence-corrected chi connectivity index (χ2v) is 1.75. The van der Waals surface area contributed by atoms with E-state index in [-0.39, 0.29) is 0 Å². The maximum absolute atomic E-state index is 10.6. The number of hydrogen-bond acceptors (Lipinski definition) is 3. The Morgan fingerprint density at radius 3 is 2.55 bits per heavy atom. The SMILES string of the molecule is NCCNC(=O)C=CC(=O)O. The Morgan fingerprint density at radius 1 is 1.45 bits per heavy atom. The monoisotopic (exact) mass is 158 g/mol. The van der Waals surface area contributed by atoms with Crippen LogP contribution in [0.4, 0.5) is 0 Å². The lowest BCUT2D eigenvalue weighted by atomic mass is 10.4. The maximum Gasteiger partial charge on any atom is 0.328 e. The van der Waals surface area contributed by atoms with Crippen molar-refractivity contribution in [3.8, 4) is 0 Å². The summed E-state index contributed by atoms with van der Waals surface area (Å²) >= 11 is 0. The lowest BCUT2D eigenvalue weighted by Gasteiger charge is -1.95. The van der Waals surface area contributed by atoms with Crippen molar-refractivity contribution in [2.45, 2.75) is 0 Å². The third-order valence-electron chi connectivity index (χ3n) is 0.821. The lowest BCUT2D eigenvalue weighted by Crippen LogP contribution is -2.27. The van der Waals surface area contributed by atoms with Crippen LogP contribution >= 0.6 is 0 Å². The molecule has 0 aliphatic heterocycles. The summed E-state index contributed by atoms with van der Waals surface area (Å²) in [5.74, 6) is -1.59. The van der Waals surface area contributed by atoms with Crippen LogP contribution in [0.25, 0.3) is 0 Å². The number of hydrogen-bond donors (Lipinski definition) is 3. The van der Waals surface area contributed by atoms with Gasteiger partial charge in [-0.05, 0) is 0 Å². The van der Waals surface area contributed by atoms with Crippen molar-refractivity contribution in [1.29, 1.82) is 0 Å². The van der Waals surface area contributed by atoms with Crippen molar-refractivity contribution in [1.82, 2.24) is 5.32 Å². The van der Waals surface area contributed by atoms with E-state index >= 15 is 0 Å². The highest BCUT2D eigenvalue weighted by molar-refractivity contribution is 5.93. The Balaban J connectivity index is 3.60. The molecule has 62 valence electrons. The van der Waals surface area contributed by atoms with Gasteiger partial charge in [-0.3, -0.25) is 4.79 Å². The molecule has 0 spiro atoms. The Hall–Kier alpha value is -1.36. The van der Waals surface area contributed by atoms with E-state index in [0.29, 0.717) is 13.1 Å². The first kappa shape index (κ1) is 9.64. The summed E-state index contributed by atoms with van der Waals surface area (Å²) in [6.07, 6.45) is 1.71. The summed E-state index contributed by atoms with van der Waals surface area (Å²) in [6, 6.07) is 0. The van der Waals surface area contributed by atoms with E-state index < -0.39 is 11.9 Å². The van der Waals surface area contributed by atoms with Crippen molar-refractivity contribution in [3.63, 3.8) is 0 Å². The molecule has 0 rings (SSSR count). The fraction of sp³-hybridized carbons (Fsp3) is 0.333. The second-order valence-electron chi connectivity index (χ2n) is 1.75. The molecule has 0 unspecified atom stereocenters. The lowest BCUT2D eigenvalue weighted by molar-refractivity contribution is -0.131. The van der Waals surface area contributed by atoms with Gasteiger partial charge in [0.15, 0.2) is 0 Å². The summed E-state index contributed by atoms with van der Waals surface area (Å²) in [5.41, 5.74) is 5.08. The highest BCUT2D eigenvalue weighted by Crippen LogP contribution is 1.72. The van der Waals surface area contributed by atoms with E-state index in [1.807, 2.05) is 0 Å². The predicted molar refractivity (Wildman–Crippen MR) is 38.8 cm³/mol. The highest BCUT2D eigenvalue weighted by atomic mass is 16.4. The molecule has 0 aromatic carbocycles. The summed E-state index contributed by atoms with van der Waals surface area (Å²) < 4.78 is 0. The number of amides is 1. The molecule has 0 aliphatic carbocycles. The van der Waals surface area contributed by atoms with Gasteiger partial charge in [-0.1, -0.05) is 0 Å². The number of rotatable bonds is 4. The largest absolute Gasteiger partial charge is 0.478 e. The van der Waals surface area contributed by atoms with Gasteiger partial charge in [0.2, 0.25) is 5.91 Å². The Morgan fingerprint density at radius 2 is 2.09 bits per heavy atom. The predicted octanol–water partition coefficient (Wildman–Crippen LogP) is -1.30. The Bertz CT molecular complexity index is 177. The molecule has 1 amide bonds. The standard InChI is InChI=1S/C6H10N2O3/c7-3-4-8-5(9)1-2-6(10)11/h1-2H,3-4,7H2,(H,8,9)(H,10,11). The number of carboxylic acids is 1. The Kier molecular flexibility index (Phi) is 4.76. The van der Waals surface area contributed by atoms with Gasteiger partial charge in [-0.2, -0.15) is 0 Å². The van der Waals surface area contributed by atoms with E-state index in [4.69, 9.17) is 10.8 Å². The minimum absolute atomic E-state index is 0.340. The first-order chi connectivity index (χ1) is 5.16. The summed E-state index contributed by atoms with van der Waals surface area (Å²) in [6.45, 7) is 0.690. The van der Waals surface area contributed by atoms with Crippen LogP contribution in [0.5, 0.6) is 0 Å². The molecular weight excluding hydrogens is 148 g/mol. The first-order valence-electron chi connectivity index (χ1n) is 3.05. The van der Waals surface area contributed by atoms with Gasteiger partial charge in [-0.15, -0.1) is 0 Å². The number of carbonyl (C=O) groups excluding carboxylic acids is 1. The minimum Gasteiger partial charge on any atom is -0.478 e. The van der Waals surface area contributed by atoms with Gasteiger partial charge in [-0.25, -0.2) is 4.79 Å². The van der Waals surface area contributed by atoms with Gasteiger partial charge >= 0.3 is 5.97 Å². The fourth-order valence-electron chi connectivity index (χ4n) is 0.401. The van der Waals surface area contributed by atoms with E-state index in [1.54, 1.807) is 0 Å². The average molecular weight is 158 g/mol. The van der Waals surface area contributed by atoms with Crippen LogP contribution in [0.2, 0.25) is 0 Å². The second kappa shape index (κ2) is 5.43. The van der Waals surface area contributed by atoms with Gasteiger partial charge in [0, 0.05) is 25.2 Å². The quantitative estimate of drug-likeness (QED) is 0.443. The minimum atomic E-state index is -1.15. The molecule has 0 aromatic rings. The molecule has 5 nitrogen and oxygen atoms in total. The van der Waals surface area contributed by atoms with Crippen LogP contribution < -0.4 is 11.1 Å². The van der Waals surface area contributed by atoms with Crippen molar-refractivity contribution in [2.75, 3.05) is 13.1 Å². The number of nitrogens with two attached hydrogens (primary N) is 1. The van der Waals surface area contributed by atoms with Crippen LogP contribution in [0.15, 0.2) is 12.2 Å². The molecule has 11 heavy (non-hydrogen) atoms. The molecule has 0 aliphatic rings. The molecule has 0 radical (unpaired) electrons. The summed E-state index contributed by atoms with van der Waals surface area (Å²) in [5, 5.41) is 10.5. The first-order valence-corrected chi connectivity index (χ1v) is 3.05. The van der Waals surface area contributed by atoms with E-state index in [0.717, 1.165) is 12.2 Å². The number of nitrogens with one attached hydrogen (secondary N) is 1. The molecule has 5 heteroatoms. The van der Waals surface area contributed by atoms with E-state index in [1.165, 1.54) is 0 Å². The van der Waals surface area contributed by atoms with Crippen LogP contribution in [0.3, 0.4) is 0 Å². The third-order valence-corrected chi connectivity index (χ3v) is 0.821. The van der Waals surface area contributed by atoms with Gasteiger partial charge in [0.25, 0.3) is 0 Å². The molecule has 0 heterocycles. The van der Waals surface area contributed by atoms with Crippen molar-refractivity contribution >= 4 is 11.9 Å². The zero-order valence-corrected chi connectivity index (χ0v) is 5.91. The topological polar surface area (TPSA) is 92.4 Å². The maximum atomic E-state index is 10.6. The Labute approximate surface area is 63.9 Å². The smallest absolute Gasteiger partial charge is 0.328 e. The molecule has 0 saturated carbocycles. The number of carbonyl (C=O) groups is 2. The molecule has 0 atom stereocenters. The molecule has 4 N–H and O–H groups in total. The summed E-state index contributed by atoms with van der Waals surface area (Å²) in [7, 11) is 0. The van der Waals surface area contributed by atoms with Gasteiger partial charge < -0.3 is 16.2 Å². The zero-order valence-electron chi connectivity index (χ0n) is 5.91. The molecule has 0 saturated heterocycles.